The van der Waals surface area contributed by atoms with Gasteiger partial charge in [-0.1, -0.05) is 24.4 Å². The molecule has 0 aliphatic heterocycles. The van der Waals surface area contributed by atoms with Crippen LogP contribution in [0, 0.1) is 0 Å². The van der Waals surface area contributed by atoms with Gasteiger partial charge >= 0.3 is 0 Å². The maximum atomic E-state index is 11.8. The first-order chi connectivity index (χ1) is 9.54. The zero-order chi connectivity index (χ0) is 14.7. The van der Waals surface area contributed by atoms with Crippen LogP contribution >= 0.6 is 12.2 Å². The van der Waals surface area contributed by atoms with E-state index < -0.39 is 0 Å². The van der Waals surface area contributed by atoms with E-state index in [1.807, 2.05) is 25.1 Å². The van der Waals surface area contributed by atoms with Crippen LogP contribution in [0.3, 0.4) is 0 Å². The minimum absolute atomic E-state index is 0.0799. The lowest BCUT2D eigenvalue weighted by molar-refractivity contribution is -0.131. The van der Waals surface area contributed by atoms with E-state index in [4.69, 9.17) is 27.1 Å². The third-order valence-electron chi connectivity index (χ3n) is 3.01. The van der Waals surface area contributed by atoms with Crippen molar-refractivity contribution in [2.45, 2.75) is 6.92 Å². The van der Waals surface area contributed by atoms with Crippen LogP contribution < -0.4 is 10.5 Å². The van der Waals surface area contributed by atoms with E-state index in [2.05, 4.69) is 0 Å². The predicted octanol–water partition coefficient (Wildman–Crippen LogP) is 1.92. The summed E-state index contributed by atoms with van der Waals surface area (Å²) in [5.74, 6) is 0.603. The van der Waals surface area contributed by atoms with Gasteiger partial charge in [-0.2, -0.15) is 0 Å². The third-order valence-corrected chi connectivity index (χ3v) is 3.20. The molecule has 5 nitrogen and oxygen atoms in total. The quantitative estimate of drug-likeness (QED) is 0.853. The number of nitrogens with zero attached hydrogens (tertiary/aromatic N) is 1. The fraction of sp³-hybridized carbons (Fsp3) is 0.286. The second kappa shape index (κ2) is 5.92. The molecule has 106 valence electrons. The number of hydrogen-bond acceptors (Lipinski definition) is 4. The maximum Gasteiger partial charge on any atom is 0.260 e. The first-order valence-electron chi connectivity index (χ1n) is 6.22. The number of likely N-dealkylation sites (N-methyl/N-ethyl adjacent to an activating group) is 1. The van der Waals surface area contributed by atoms with Gasteiger partial charge in [-0.3, -0.25) is 4.79 Å². The van der Waals surface area contributed by atoms with Crippen LogP contribution in [-0.2, 0) is 4.79 Å². The number of para-hydroxylation sites is 1. The van der Waals surface area contributed by atoms with Crippen molar-refractivity contribution in [3.8, 4) is 5.75 Å². The van der Waals surface area contributed by atoms with Gasteiger partial charge in [-0.15, -0.1) is 0 Å². The first-order valence-corrected chi connectivity index (χ1v) is 6.63. The van der Waals surface area contributed by atoms with Gasteiger partial charge in [0.2, 0.25) is 5.76 Å². The van der Waals surface area contributed by atoms with Gasteiger partial charge in [-0.25, -0.2) is 0 Å². The van der Waals surface area contributed by atoms with Crippen LogP contribution in [0.1, 0.15) is 12.7 Å². The van der Waals surface area contributed by atoms with E-state index in [1.54, 1.807) is 18.0 Å². The van der Waals surface area contributed by atoms with E-state index in [-0.39, 0.29) is 17.5 Å². The maximum absolute atomic E-state index is 11.8. The van der Waals surface area contributed by atoms with E-state index >= 15 is 0 Å². The Bertz CT molecular complexity index is 651. The van der Waals surface area contributed by atoms with Crippen molar-refractivity contribution in [2.24, 2.45) is 5.73 Å². The molecule has 2 aromatic rings. The van der Waals surface area contributed by atoms with E-state index in [9.17, 15) is 4.79 Å². The minimum atomic E-state index is -0.119. The zero-order valence-electron chi connectivity index (χ0n) is 11.4. The van der Waals surface area contributed by atoms with E-state index in [0.29, 0.717) is 23.6 Å². The molecule has 2 rings (SSSR count). The van der Waals surface area contributed by atoms with Crippen molar-refractivity contribution in [1.82, 2.24) is 4.90 Å². The van der Waals surface area contributed by atoms with Crippen molar-refractivity contribution in [3.63, 3.8) is 0 Å². The van der Waals surface area contributed by atoms with E-state index in [1.165, 1.54) is 0 Å². The summed E-state index contributed by atoms with van der Waals surface area (Å²) < 4.78 is 11.1. The Morgan fingerprint density at radius 3 is 2.80 bits per heavy atom. The van der Waals surface area contributed by atoms with Gasteiger partial charge < -0.3 is 19.8 Å². The van der Waals surface area contributed by atoms with Gasteiger partial charge in [0.1, 0.15) is 10.6 Å². The number of ether oxygens (including phenoxy) is 1. The Kier molecular flexibility index (Phi) is 4.24. The Morgan fingerprint density at radius 2 is 2.15 bits per heavy atom. The summed E-state index contributed by atoms with van der Waals surface area (Å²) >= 11 is 4.95. The fourth-order valence-electron chi connectivity index (χ4n) is 1.75. The summed E-state index contributed by atoms with van der Waals surface area (Å²) in [5, 5.41) is 0.752. The highest BCUT2D eigenvalue weighted by atomic mass is 32.1. The molecule has 6 heteroatoms. The van der Waals surface area contributed by atoms with Crippen LogP contribution in [0.15, 0.2) is 28.7 Å². The highest BCUT2D eigenvalue weighted by Crippen LogP contribution is 2.32. The minimum Gasteiger partial charge on any atom is -0.479 e. The molecular formula is C14H16N2O3S. The molecular weight excluding hydrogens is 276 g/mol. The van der Waals surface area contributed by atoms with Crippen molar-refractivity contribution in [1.29, 1.82) is 0 Å². The average Bonchev–Trinajstić information content (AvgIpc) is 2.82. The average molecular weight is 292 g/mol. The molecule has 1 amide bonds. The zero-order valence-corrected chi connectivity index (χ0v) is 12.2. The number of benzene rings is 1. The number of nitrogens with two attached hydrogens (primary N) is 1. The SMILES string of the molecule is CCN(C)C(=O)COc1c(C(N)=S)oc2ccccc12. The molecule has 1 aromatic carbocycles. The summed E-state index contributed by atoms with van der Waals surface area (Å²) in [4.78, 5) is 13.5. The highest BCUT2D eigenvalue weighted by Gasteiger charge is 2.19. The summed E-state index contributed by atoms with van der Waals surface area (Å²) in [7, 11) is 1.72. The van der Waals surface area contributed by atoms with Crippen molar-refractivity contribution in [3.05, 3.63) is 30.0 Å². The van der Waals surface area contributed by atoms with Gasteiger partial charge in [0.15, 0.2) is 12.4 Å². The molecule has 1 heterocycles. The lowest BCUT2D eigenvalue weighted by Gasteiger charge is -2.14. The highest BCUT2D eigenvalue weighted by molar-refractivity contribution is 7.80. The molecule has 0 aliphatic rings. The molecule has 0 saturated carbocycles. The Labute approximate surface area is 122 Å². The molecule has 0 spiro atoms. The van der Waals surface area contributed by atoms with Gasteiger partial charge in [0.05, 0.1) is 5.39 Å². The molecule has 2 N–H and O–H groups in total. The van der Waals surface area contributed by atoms with E-state index in [0.717, 1.165) is 5.39 Å². The number of furan rings is 1. The molecule has 20 heavy (non-hydrogen) atoms. The molecule has 0 bridgehead atoms. The van der Waals surface area contributed by atoms with Crippen LogP contribution in [0.25, 0.3) is 11.0 Å². The molecule has 0 atom stereocenters. The second-order valence-corrected chi connectivity index (χ2v) is 4.76. The molecule has 0 aliphatic carbocycles. The van der Waals surface area contributed by atoms with Crippen molar-refractivity contribution >= 4 is 34.1 Å². The lowest BCUT2D eigenvalue weighted by atomic mass is 10.2. The van der Waals surface area contributed by atoms with Crippen LogP contribution in [0.2, 0.25) is 0 Å². The number of carbonyl (C=O) groups excluding carboxylic acids is 1. The molecule has 0 fully saturated rings. The standard InChI is InChI=1S/C14H16N2O3S/c1-3-16(2)11(17)8-18-12-9-6-4-5-7-10(9)19-13(12)14(15)20/h4-7H,3,8H2,1-2H3,(H2,15,20). The topological polar surface area (TPSA) is 68.7 Å². The van der Waals surface area contributed by atoms with Crippen molar-refractivity contribution < 1.29 is 13.9 Å². The Balaban J connectivity index is 2.30. The number of rotatable bonds is 5. The number of carbonyl (C=O) groups is 1. The lowest BCUT2D eigenvalue weighted by Crippen LogP contribution is -2.31. The predicted molar refractivity (Wildman–Crippen MR) is 80.9 cm³/mol. The Hall–Kier alpha value is -2.08. The fourth-order valence-corrected chi connectivity index (χ4v) is 1.88. The smallest absolute Gasteiger partial charge is 0.260 e. The summed E-state index contributed by atoms with van der Waals surface area (Å²) in [6, 6.07) is 7.33. The number of fused-ring (bicyclic) bond motifs is 1. The number of thiocarbonyl (C=S) groups is 1. The first kappa shape index (κ1) is 14.3. The summed E-state index contributed by atoms with van der Waals surface area (Å²) in [5.41, 5.74) is 6.26. The molecule has 1 aromatic heterocycles. The second-order valence-electron chi connectivity index (χ2n) is 4.32. The van der Waals surface area contributed by atoms with Gasteiger partial charge in [-0.05, 0) is 19.1 Å². The largest absolute Gasteiger partial charge is 0.479 e. The summed E-state index contributed by atoms with van der Waals surface area (Å²) in [6.45, 7) is 2.44. The van der Waals surface area contributed by atoms with Gasteiger partial charge in [0.25, 0.3) is 5.91 Å². The third kappa shape index (κ3) is 2.75. The number of hydrogen-bond donors (Lipinski definition) is 1. The van der Waals surface area contributed by atoms with Crippen LogP contribution in [0.5, 0.6) is 5.75 Å². The molecule has 0 radical (unpaired) electrons. The summed E-state index contributed by atoms with van der Waals surface area (Å²) in [6.07, 6.45) is 0. The monoisotopic (exact) mass is 292 g/mol. The molecule has 0 saturated heterocycles. The normalized spacial score (nSPS) is 10.5. The van der Waals surface area contributed by atoms with Crippen LogP contribution in [0.4, 0.5) is 0 Å². The van der Waals surface area contributed by atoms with Gasteiger partial charge in [0, 0.05) is 13.6 Å². The van der Waals surface area contributed by atoms with Crippen molar-refractivity contribution in [2.75, 3.05) is 20.2 Å². The Morgan fingerprint density at radius 1 is 1.45 bits per heavy atom. The van der Waals surface area contributed by atoms with Crippen LogP contribution in [-0.4, -0.2) is 36.0 Å². The number of amides is 1. The molecule has 0 unspecified atom stereocenters.